The number of rotatable bonds is 2. The summed E-state index contributed by atoms with van der Waals surface area (Å²) in [5, 5.41) is 21.2. The first-order valence-electron chi connectivity index (χ1n) is 8.26. The van der Waals surface area contributed by atoms with Gasteiger partial charge in [-0.15, -0.1) is 5.10 Å². The van der Waals surface area contributed by atoms with Gasteiger partial charge in [0.25, 0.3) is 0 Å². The van der Waals surface area contributed by atoms with Crippen LogP contribution in [0.3, 0.4) is 0 Å². The molecule has 0 saturated carbocycles. The summed E-state index contributed by atoms with van der Waals surface area (Å²) in [7, 11) is 0. The average molecular weight is 398 g/mol. The van der Waals surface area contributed by atoms with Crippen LogP contribution < -0.4 is 0 Å². The molecule has 0 radical (unpaired) electrons. The highest BCUT2D eigenvalue weighted by Gasteiger charge is 2.36. The summed E-state index contributed by atoms with van der Waals surface area (Å²) >= 11 is 0. The Morgan fingerprint density at radius 3 is 2.69 bits per heavy atom. The third kappa shape index (κ3) is 2.51. The van der Waals surface area contributed by atoms with Crippen molar-refractivity contribution in [3.8, 4) is 11.6 Å². The summed E-state index contributed by atoms with van der Waals surface area (Å²) in [6.07, 6.45) is -3.27. The van der Waals surface area contributed by atoms with E-state index in [9.17, 15) is 23.1 Å². The fourth-order valence-corrected chi connectivity index (χ4v) is 3.37. The fraction of sp³-hybridized carbons (Fsp3) is 0.0556. The number of aromatic hydroxyl groups is 1. The molecule has 0 unspecified atom stereocenters. The number of benzene rings is 2. The highest BCUT2D eigenvalue weighted by Crippen LogP contribution is 2.40. The maximum absolute atomic E-state index is 13.3. The van der Waals surface area contributed by atoms with E-state index in [1.807, 2.05) is 0 Å². The summed E-state index contributed by atoms with van der Waals surface area (Å²) in [5.41, 5.74) is -0.389. The minimum atomic E-state index is -4.63. The molecule has 0 bridgehead atoms. The van der Waals surface area contributed by atoms with Crippen molar-refractivity contribution in [3.63, 3.8) is 0 Å². The number of aromatic nitrogens is 5. The van der Waals surface area contributed by atoms with Crippen LogP contribution >= 0.6 is 0 Å². The molecule has 0 atom stereocenters. The molecule has 5 rings (SSSR count). The first-order chi connectivity index (χ1) is 13.8. The number of hydrogen-bond donors (Lipinski definition) is 2. The summed E-state index contributed by atoms with van der Waals surface area (Å²) in [6, 6.07) is 8.24. The van der Waals surface area contributed by atoms with Gasteiger partial charge in [-0.2, -0.15) is 13.2 Å². The number of nitrogens with zero attached hydrogens (tertiary/aromatic N) is 5. The molecule has 3 heterocycles. The second kappa shape index (κ2) is 5.74. The van der Waals surface area contributed by atoms with Crippen LogP contribution in [0.15, 0.2) is 47.7 Å². The zero-order valence-electron chi connectivity index (χ0n) is 14.3. The molecule has 1 aliphatic rings. The smallest absolute Gasteiger partial charge is 0.418 e. The number of carbonyl (C=O) groups is 1. The Morgan fingerprint density at radius 2 is 1.97 bits per heavy atom. The molecule has 29 heavy (non-hydrogen) atoms. The molecule has 1 aliphatic heterocycles. The van der Waals surface area contributed by atoms with Crippen LogP contribution in [0.2, 0.25) is 0 Å². The molecule has 2 aromatic carbocycles. The van der Waals surface area contributed by atoms with Crippen LogP contribution in [0.1, 0.15) is 21.5 Å². The van der Waals surface area contributed by atoms with Crippen molar-refractivity contribution in [2.75, 3.05) is 0 Å². The Balaban J connectivity index is 1.65. The monoisotopic (exact) mass is 398 g/mol. The van der Waals surface area contributed by atoms with E-state index in [1.165, 1.54) is 29.2 Å². The quantitative estimate of drug-likeness (QED) is 0.539. The van der Waals surface area contributed by atoms with Gasteiger partial charge in [0, 0.05) is 5.39 Å². The van der Waals surface area contributed by atoms with Gasteiger partial charge in [-0.05, 0) is 34.7 Å². The summed E-state index contributed by atoms with van der Waals surface area (Å²) in [5.74, 6) is -1.08. The van der Waals surface area contributed by atoms with E-state index in [-0.39, 0.29) is 27.7 Å². The van der Waals surface area contributed by atoms with E-state index in [0.29, 0.717) is 11.4 Å². The number of tetrazole rings is 1. The van der Waals surface area contributed by atoms with Crippen molar-refractivity contribution < 1.29 is 23.1 Å². The number of Topliss-reactive ketones (excluding diaryl/α,β-unsaturated/α-hetero) is 1. The molecule has 4 aromatic rings. The van der Waals surface area contributed by atoms with Crippen molar-refractivity contribution in [2.24, 2.45) is 4.99 Å². The highest BCUT2D eigenvalue weighted by atomic mass is 19.4. The number of aliphatic imine (C=N–C) groups is 1. The second-order valence-corrected chi connectivity index (χ2v) is 6.32. The normalized spacial score (nSPS) is 13.8. The third-order valence-electron chi connectivity index (χ3n) is 4.64. The number of nitrogens with one attached hydrogen (secondary N) is 1. The Bertz CT molecular complexity index is 1320. The average Bonchev–Trinajstić information content (AvgIpc) is 3.38. The van der Waals surface area contributed by atoms with Crippen LogP contribution in [0.4, 0.5) is 18.9 Å². The van der Waals surface area contributed by atoms with Crippen molar-refractivity contribution >= 4 is 28.1 Å². The van der Waals surface area contributed by atoms with Gasteiger partial charge in [-0.1, -0.05) is 12.1 Å². The number of alkyl halides is 3. The van der Waals surface area contributed by atoms with Gasteiger partial charge >= 0.3 is 6.18 Å². The first-order valence-corrected chi connectivity index (χ1v) is 8.26. The summed E-state index contributed by atoms with van der Waals surface area (Å²) in [6.45, 7) is 0. The first kappa shape index (κ1) is 17.1. The number of carbonyl (C=O) groups excluding carboxylic acids is 1. The molecule has 0 amide bonds. The number of halogens is 3. The van der Waals surface area contributed by atoms with E-state index < -0.39 is 23.4 Å². The molecule has 8 nitrogen and oxygen atoms in total. The van der Waals surface area contributed by atoms with Gasteiger partial charge in [-0.25, -0.2) is 9.67 Å². The number of aromatic amines is 1. The fourth-order valence-electron chi connectivity index (χ4n) is 3.37. The summed E-state index contributed by atoms with van der Waals surface area (Å²) in [4.78, 5) is 19.5. The molecule has 0 saturated heterocycles. The van der Waals surface area contributed by atoms with E-state index in [1.54, 1.807) is 12.1 Å². The zero-order valence-corrected chi connectivity index (χ0v) is 14.3. The molecule has 0 spiro atoms. The van der Waals surface area contributed by atoms with Gasteiger partial charge < -0.3 is 10.1 Å². The minimum absolute atomic E-state index is 0.0536. The Hall–Kier alpha value is -4.02. The third-order valence-corrected chi connectivity index (χ3v) is 4.64. The van der Waals surface area contributed by atoms with Gasteiger partial charge in [0.05, 0.1) is 33.6 Å². The molecule has 11 heteroatoms. The Kier molecular flexibility index (Phi) is 3.38. The summed E-state index contributed by atoms with van der Waals surface area (Å²) < 4.78 is 41.2. The molecular weight excluding hydrogens is 389 g/mol. The van der Waals surface area contributed by atoms with Gasteiger partial charge in [0.15, 0.2) is 5.88 Å². The predicted octanol–water partition coefficient (Wildman–Crippen LogP) is 3.19. The Morgan fingerprint density at radius 1 is 1.14 bits per heavy atom. The maximum Gasteiger partial charge on any atom is 0.418 e. The molecule has 144 valence electrons. The van der Waals surface area contributed by atoms with E-state index >= 15 is 0 Å². The number of para-hydroxylation sites is 1. The van der Waals surface area contributed by atoms with Gasteiger partial charge in [0.2, 0.25) is 5.78 Å². The Labute approximate surface area is 159 Å². The number of ketones is 1. The van der Waals surface area contributed by atoms with Crippen LogP contribution in [-0.2, 0) is 6.18 Å². The lowest BCUT2D eigenvalue weighted by Crippen LogP contribution is -2.11. The second-order valence-electron chi connectivity index (χ2n) is 6.32. The van der Waals surface area contributed by atoms with Gasteiger partial charge in [-0.3, -0.25) is 4.79 Å². The van der Waals surface area contributed by atoms with Crippen molar-refractivity contribution in [3.05, 3.63) is 59.4 Å². The molecule has 0 aliphatic carbocycles. The van der Waals surface area contributed by atoms with Crippen LogP contribution in [0.25, 0.3) is 16.6 Å². The molecule has 2 aromatic heterocycles. The SMILES string of the molecule is O=C1C(c2c(O)[nH]c3c(C(F)(F)F)cccc23)=Nc2ccc(-n3cnnn3)cc21. The van der Waals surface area contributed by atoms with E-state index in [0.717, 1.165) is 6.07 Å². The largest absolute Gasteiger partial charge is 0.494 e. The topological polar surface area (TPSA) is 109 Å². The lowest BCUT2D eigenvalue weighted by molar-refractivity contribution is -0.136. The van der Waals surface area contributed by atoms with E-state index in [4.69, 9.17) is 0 Å². The minimum Gasteiger partial charge on any atom is -0.494 e. The molecular formula is C18H9F3N6O2. The van der Waals surface area contributed by atoms with E-state index in [2.05, 4.69) is 25.5 Å². The van der Waals surface area contributed by atoms with Crippen LogP contribution in [0, 0.1) is 0 Å². The maximum atomic E-state index is 13.3. The zero-order chi connectivity index (χ0) is 20.3. The van der Waals surface area contributed by atoms with Crippen molar-refractivity contribution in [2.45, 2.75) is 6.18 Å². The lowest BCUT2D eigenvalue weighted by atomic mass is 10.0. The highest BCUT2D eigenvalue weighted by molar-refractivity contribution is 6.56. The van der Waals surface area contributed by atoms with Crippen LogP contribution in [-0.4, -0.2) is 41.8 Å². The lowest BCUT2D eigenvalue weighted by Gasteiger charge is -2.07. The van der Waals surface area contributed by atoms with Crippen molar-refractivity contribution in [1.82, 2.24) is 25.2 Å². The number of fused-ring (bicyclic) bond motifs is 2. The number of hydrogen-bond acceptors (Lipinski definition) is 6. The van der Waals surface area contributed by atoms with Crippen LogP contribution in [0.5, 0.6) is 5.88 Å². The molecule has 0 fully saturated rings. The van der Waals surface area contributed by atoms with Crippen molar-refractivity contribution in [1.29, 1.82) is 0 Å². The number of H-pyrrole nitrogens is 1. The standard InChI is InChI=1S/C18H9F3N6O2/c19-18(20,21)11-3-1-2-9-13(17(29)24-14(9)11)15-16(28)10-6-8(4-5-12(10)23-15)27-7-22-25-26-27/h1-7,24,29H. The predicted molar refractivity (Wildman–Crippen MR) is 94.6 cm³/mol. The molecule has 2 N–H and O–H groups in total. The van der Waals surface area contributed by atoms with Gasteiger partial charge in [0.1, 0.15) is 12.0 Å².